The predicted octanol–water partition coefficient (Wildman–Crippen LogP) is 5.34. The van der Waals surface area contributed by atoms with Crippen molar-refractivity contribution in [2.24, 2.45) is 0 Å². The molecule has 2 aromatic rings. The number of fused-ring (bicyclic) bond motifs is 2. The second kappa shape index (κ2) is 8.49. The summed E-state index contributed by atoms with van der Waals surface area (Å²) in [5, 5.41) is 19.7. The van der Waals surface area contributed by atoms with Gasteiger partial charge in [0.15, 0.2) is 17.3 Å². The molecule has 2 aromatic carbocycles. The molecule has 34 heavy (non-hydrogen) atoms. The molecule has 2 N–H and O–H groups in total. The highest BCUT2D eigenvalue weighted by molar-refractivity contribution is 6.05. The third-order valence-corrected chi connectivity index (χ3v) is 6.32. The zero-order valence-electron chi connectivity index (χ0n) is 20.9. The molecule has 2 aliphatic heterocycles. The molecule has 0 unspecified atom stereocenters. The summed E-state index contributed by atoms with van der Waals surface area (Å²) >= 11 is 0. The van der Waals surface area contributed by atoms with E-state index in [0.29, 0.717) is 42.7 Å². The third-order valence-electron chi connectivity index (χ3n) is 6.32. The fourth-order valence-corrected chi connectivity index (χ4v) is 4.38. The number of carbonyl (C=O) groups excluding carboxylic acids is 1. The van der Waals surface area contributed by atoms with Gasteiger partial charge in [-0.25, -0.2) is 0 Å². The van der Waals surface area contributed by atoms with Crippen molar-refractivity contribution in [3.63, 3.8) is 0 Å². The molecule has 0 fully saturated rings. The molecule has 0 amide bonds. The summed E-state index contributed by atoms with van der Waals surface area (Å²) in [5.74, 6) is 1.75. The lowest BCUT2D eigenvalue weighted by molar-refractivity contribution is 0.0962. The van der Waals surface area contributed by atoms with Crippen LogP contribution in [0.3, 0.4) is 0 Å². The van der Waals surface area contributed by atoms with Crippen LogP contribution in [0.2, 0.25) is 0 Å². The van der Waals surface area contributed by atoms with E-state index in [0.717, 1.165) is 22.3 Å². The van der Waals surface area contributed by atoms with E-state index in [4.69, 9.17) is 14.9 Å². The van der Waals surface area contributed by atoms with Crippen molar-refractivity contribution in [2.75, 3.05) is 19.8 Å². The summed E-state index contributed by atoms with van der Waals surface area (Å²) < 4.78 is 11.6. The fourth-order valence-electron chi connectivity index (χ4n) is 4.38. The molecule has 0 bridgehead atoms. The Labute approximate surface area is 201 Å². The van der Waals surface area contributed by atoms with E-state index < -0.39 is 0 Å². The summed E-state index contributed by atoms with van der Waals surface area (Å²) in [6.45, 7) is 13.6. The number of hydrogen-bond acceptors (Lipinski definition) is 5. The highest BCUT2D eigenvalue weighted by Crippen LogP contribution is 2.40. The highest BCUT2D eigenvalue weighted by Gasteiger charge is 2.31. The van der Waals surface area contributed by atoms with Gasteiger partial charge in [0.05, 0.1) is 6.54 Å². The number of phenolic OH excluding ortho intramolecular Hbond substituents is 1. The molecular formula is C28H34N2O4. The maximum Gasteiger partial charge on any atom is 0.182 e. The lowest BCUT2D eigenvalue weighted by Gasteiger charge is -2.28. The lowest BCUT2D eigenvalue weighted by atomic mass is 9.78. The molecule has 2 aliphatic rings. The summed E-state index contributed by atoms with van der Waals surface area (Å²) in [7, 11) is 0. The molecule has 0 aliphatic carbocycles. The van der Waals surface area contributed by atoms with Crippen molar-refractivity contribution in [1.82, 2.24) is 4.90 Å². The zero-order valence-corrected chi connectivity index (χ0v) is 20.9. The van der Waals surface area contributed by atoms with Gasteiger partial charge in [-0.05, 0) is 52.8 Å². The van der Waals surface area contributed by atoms with Crippen molar-refractivity contribution >= 4 is 11.6 Å². The second-order valence-corrected chi connectivity index (χ2v) is 11.1. The minimum Gasteiger partial charge on any atom is -0.507 e. The Morgan fingerprint density at radius 1 is 0.941 bits per heavy atom. The molecule has 0 spiro atoms. The van der Waals surface area contributed by atoms with E-state index in [1.54, 1.807) is 17.0 Å². The maximum atomic E-state index is 13.4. The van der Waals surface area contributed by atoms with Crippen LogP contribution in [-0.4, -0.2) is 41.4 Å². The number of nitrogens with one attached hydrogen (secondary N) is 1. The first kappa shape index (κ1) is 23.9. The second-order valence-electron chi connectivity index (χ2n) is 11.1. The highest BCUT2D eigenvalue weighted by atomic mass is 16.5. The van der Waals surface area contributed by atoms with E-state index in [2.05, 4.69) is 0 Å². The first-order chi connectivity index (χ1) is 15.9. The van der Waals surface area contributed by atoms with Gasteiger partial charge in [-0.3, -0.25) is 10.2 Å². The summed E-state index contributed by atoms with van der Waals surface area (Å²) in [5.41, 5.74) is 3.14. The van der Waals surface area contributed by atoms with Crippen molar-refractivity contribution < 1.29 is 19.4 Å². The average molecular weight is 463 g/mol. The molecule has 6 heteroatoms. The standard InChI is InChI=1S/C28H34N2O4/c1-27(2,3)20-11-17(12-21(25(20)32)28(4,5)6)22(31)16-30-15-18-13-23-24(14-19(18)26(30)29)34-10-8-7-9-33-23/h7-8,11-14,29,32H,9-10,15-16H2,1-6H3. The Hall–Kier alpha value is -3.28. The van der Waals surface area contributed by atoms with Crippen LogP contribution in [0.15, 0.2) is 36.4 Å². The number of Topliss-reactive ketones (excluding diaryl/α,β-unsaturated/α-hetero) is 1. The monoisotopic (exact) mass is 462 g/mol. The van der Waals surface area contributed by atoms with Crippen LogP contribution < -0.4 is 9.47 Å². The largest absolute Gasteiger partial charge is 0.507 e. The number of ether oxygens (including phenoxy) is 2. The van der Waals surface area contributed by atoms with Crippen molar-refractivity contribution in [2.45, 2.75) is 58.9 Å². The van der Waals surface area contributed by atoms with E-state index in [9.17, 15) is 9.90 Å². The topological polar surface area (TPSA) is 82.9 Å². The van der Waals surface area contributed by atoms with E-state index in [1.807, 2.05) is 65.8 Å². The molecule has 6 nitrogen and oxygen atoms in total. The molecule has 0 saturated heterocycles. The lowest BCUT2D eigenvalue weighted by Crippen LogP contribution is -2.30. The number of amidine groups is 1. The van der Waals surface area contributed by atoms with Gasteiger partial charge in [0.2, 0.25) is 0 Å². The van der Waals surface area contributed by atoms with Gasteiger partial charge in [-0.1, -0.05) is 41.5 Å². The summed E-state index contributed by atoms with van der Waals surface area (Å²) in [6.07, 6.45) is 3.82. The number of phenols is 1. The van der Waals surface area contributed by atoms with Crippen LogP contribution in [0.5, 0.6) is 17.2 Å². The van der Waals surface area contributed by atoms with Crippen LogP contribution in [0.4, 0.5) is 0 Å². The Morgan fingerprint density at radius 3 is 2.00 bits per heavy atom. The Balaban J connectivity index is 1.62. The normalized spacial score (nSPS) is 15.7. The molecule has 0 aromatic heterocycles. The number of benzene rings is 2. The molecule has 2 heterocycles. The number of aromatic hydroxyl groups is 1. The quantitative estimate of drug-likeness (QED) is 0.475. The molecule has 0 atom stereocenters. The molecule has 0 radical (unpaired) electrons. The first-order valence-corrected chi connectivity index (χ1v) is 11.7. The minimum absolute atomic E-state index is 0.0800. The zero-order chi connectivity index (χ0) is 24.8. The number of ketones is 1. The molecule has 180 valence electrons. The predicted molar refractivity (Wildman–Crippen MR) is 134 cm³/mol. The van der Waals surface area contributed by atoms with Gasteiger partial charge < -0.3 is 19.5 Å². The van der Waals surface area contributed by atoms with Crippen LogP contribution in [-0.2, 0) is 17.4 Å². The van der Waals surface area contributed by atoms with E-state index in [-0.39, 0.29) is 28.9 Å². The number of rotatable bonds is 3. The number of carbonyl (C=O) groups is 1. The Morgan fingerprint density at radius 2 is 1.47 bits per heavy atom. The van der Waals surface area contributed by atoms with E-state index >= 15 is 0 Å². The average Bonchev–Trinajstić information content (AvgIpc) is 3.00. The van der Waals surface area contributed by atoms with Crippen molar-refractivity contribution in [3.8, 4) is 17.2 Å². The SMILES string of the molecule is CC(C)(C)c1cc(C(=O)CN2Cc3cc4c(cc3C2=N)OCC=CCO4)cc(C(C)(C)C)c1O. The van der Waals surface area contributed by atoms with Gasteiger partial charge in [0, 0.05) is 28.8 Å². The van der Waals surface area contributed by atoms with Gasteiger partial charge in [0.25, 0.3) is 0 Å². The van der Waals surface area contributed by atoms with Crippen molar-refractivity contribution in [3.05, 3.63) is 64.2 Å². The van der Waals surface area contributed by atoms with Crippen LogP contribution in [0.25, 0.3) is 0 Å². The summed E-state index contributed by atoms with van der Waals surface area (Å²) in [6, 6.07) is 7.37. The minimum atomic E-state index is -0.317. The molecule has 4 rings (SSSR count). The number of nitrogens with zero attached hydrogens (tertiary/aromatic N) is 1. The first-order valence-electron chi connectivity index (χ1n) is 11.7. The molecule has 0 saturated carbocycles. The van der Waals surface area contributed by atoms with Crippen molar-refractivity contribution in [1.29, 1.82) is 5.41 Å². The Bertz CT molecular complexity index is 1150. The van der Waals surface area contributed by atoms with Gasteiger partial charge in [-0.15, -0.1) is 0 Å². The van der Waals surface area contributed by atoms with Crippen LogP contribution in [0, 0.1) is 5.41 Å². The van der Waals surface area contributed by atoms with Crippen LogP contribution >= 0.6 is 0 Å². The fraction of sp³-hybridized carbons (Fsp3) is 0.429. The van der Waals surface area contributed by atoms with Gasteiger partial charge in [-0.2, -0.15) is 0 Å². The maximum absolute atomic E-state index is 13.4. The van der Waals surface area contributed by atoms with Crippen LogP contribution in [0.1, 0.15) is 74.2 Å². The summed E-state index contributed by atoms with van der Waals surface area (Å²) in [4.78, 5) is 15.2. The Kier molecular flexibility index (Phi) is 5.96. The smallest absolute Gasteiger partial charge is 0.182 e. The van der Waals surface area contributed by atoms with Gasteiger partial charge in [0.1, 0.15) is 24.8 Å². The number of hydrogen-bond donors (Lipinski definition) is 2. The third kappa shape index (κ3) is 4.54. The van der Waals surface area contributed by atoms with E-state index in [1.165, 1.54) is 0 Å². The molecular weight excluding hydrogens is 428 g/mol. The van der Waals surface area contributed by atoms with Gasteiger partial charge >= 0.3 is 0 Å².